The molecule has 0 bridgehead atoms. The molecule has 0 radical (unpaired) electrons. The van der Waals surface area contributed by atoms with Gasteiger partial charge in [0.15, 0.2) is 5.17 Å². The summed E-state index contributed by atoms with van der Waals surface area (Å²) >= 11 is 1.73. The van der Waals surface area contributed by atoms with Crippen LogP contribution in [0.3, 0.4) is 0 Å². The van der Waals surface area contributed by atoms with Crippen LogP contribution in [-0.2, 0) is 6.18 Å². The summed E-state index contributed by atoms with van der Waals surface area (Å²) in [6.45, 7) is 3.00. The molecule has 8 heteroatoms. The lowest BCUT2D eigenvalue weighted by Gasteiger charge is -2.28. The molecule has 0 spiro atoms. The molecule has 0 saturated carbocycles. The second-order valence-electron chi connectivity index (χ2n) is 7.49. The average Bonchev–Trinajstić information content (AvgIpc) is 3.42. The SMILES string of the molecule is CC1CN2C(=NC(c3ccccn3)C2c2cccn2-c2cccc(C(F)(F)F)c2)S1. The van der Waals surface area contributed by atoms with Crippen LogP contribution in [0.5, 0.6) is 0 Å². The second-order valence-corrected chi connectivity index (χ2v) is 8.89. The molecule has 4 nitrogen and oxygen atoms in total. The van der Waals surface area contributed by atoms with Crippen molar-refractivity contribution in [2.45, 2.75) is 30.4 Å². The van der Waals surface area contributed by atoms with E-state index in [0.717, 1.165) is 29.2 Å². The highest BCUT2D eigenvalue weighted by Crippen LogP contribution is 2.48. The Labute approximate surface area is 176 Å². The van der Waals surface area contributed by atoms with Gasteiger partial charge in [0.25, 0.3) is 0 Å². The van der Waals surface area contributed by atoms with Crippen molar-refractivity contribution in [3.8, 4) is 5.69 Å². The first-order chi connectivity index (χ1) is 14.4. The summed E-state index contributed by atoms with van der Waals surface area (Å²) in [4.78, 5) is 11.7. The molecule has 1 saturated heterocycles. The summed E-state index contributed by atoms with van der Waals surface area (Å²) in [7, 11) is 0. The number of aliphatic imine (C=N–C) groups is 1. The van der Waals surface area contributed by atoms with Crippen molar-refractivity contribution in [1.82, 2.24) is 14.5 Å². The van der Waals surface area contributed by atoms with Crippen molar-refractivity contribution in [2.24, 2.45) is 4.99 Å². The molecule has 2 aliphatic rings. The van der Waals surface area contributed by atoms with Crippen molar-refractivity contribution >= 4 is 16.9 Å². The van der Waals surface area contributed by atoms with E-state index >= 15 is 0 Å². The number of hydrogen-bond acceptors (Lipinski definition) is 4. The van der Waals surface area contributed by atoms with Gasteiger partial charge in [0, 0.05) is 35.6 Å². The van der Waals surface area contributed by atoms with Crippen molar-refractivity contribution in [2.75, 3.05) is 6.54 Å². The van der Waals surface area contributed by atoms with Crippen LogP contribution in [0.15, 0.2) is 72.0 Å². The first-order valence-corrected chi connectivity index (χ1v) is 10.6. The third-order valence-electron chi connectivity index (χ3n) is 5.42. The monoisotopic (exact) mass is 428 g/mol. The van der Waals surface area contributed by atoms with Crippen LogP contribution in [-0.4, -0.2) is 31.4 Å². The molecule has 5 rings (SSSR count). The van der Waals surface area contributed by atoms with E-state index in [-0.39, 0.29) is 12.1 Å². The molecule has 30 heavy (non-hydrogen) atoms. The number of pyridine rings is 1. The van der Waals surface area contributed by atoms with Gasteiger partial charge < -0.3 is 9.47 Å². The van der Waals surface area contributed by atoms with Gasteiger partial charge in [-0.1, -0.05) is 30.8 Å². The molecule has 2 aliphatic heterocycles. The number of rotatable bonds is 3. The fourth-order valence-corrected chi connectivity index (χ4v) is 5.23. The first-order valence-electron chi connectivity index (χ1n) is 9.69. The molecule has 1 aromatic carbocycles. The smallest absolute Gasteiger partial charge is 0.339 e. The predicted molar refractivity (Wildman–Crippen MR) is 112 cm³/mol. The number of nitrogens with zero attached hydrogens (tertiary/aromatic N) is 4. The minimum atomic E-state index is -4.38. The number of fused-ring (bicyclic) bond motifs is 1. The van der Waals surface area contributed by atoms with Gasteiger partial charge in [-0.05, 0) is 42.5 Å². The Morgan fingerprint density at radius 1 is 1.07 bits per heavy atom. The van der Waals surface area contributed by atoms with Crippen LogP contribution >= 0.6 is 11.8 Å². The van der Waals surface area contributed by atoms with Crippen LogP contribution in [0.1, 0.15) is 36.0 Å². The fraction of sp³-hybridized carbons (Fsp3) is 0.273. The van der Waals surface area contributed by atoms with E-state index in [1.807, 2.05) is 41.1 Å². The number of aromatic nitrogens is 2. The van der Waals surface area contributed by atoms with E-state index < -0.39 is 11.7 Å². The van der Waals surface area contributed by atoms with E-state index in [1.165, 1.54) is 12.1 Å². The maximum absolute atomic E-state index is 13.3. The highest BCUT2D eigenvalue weighted by Gasteiger charge is 2.44. The van der Waals surface area contributed by atoms with Crippen molar-refractivity contribution < 1.29 is 13.2 Å². The van der Waals surface area contributed by atoms with Crippen LogP contribution < -0.4 is 0 Å². The maximum atomic E-state index is 13.3. The van der Waals surface area contributed by atoms with E-state index in [0.29, 0.717) is 10.9 Å². The third kappa shape index (κ3) is 3.29. The highest BCUT2D eigenvalue weighted by molar-refractivity contribution is 8.14. The molecule has 2 aromatic heterocycles. The Morgan fingerprint density at radius 3 is 2.70 bits per heavy atom. The number of alkyl halides is 3. The van der Waals surface area contributed by atoms with Crippen molar-refractivity contribution in [3.05, 3.63) is 83.9 Å². The Bertz CT molecular complexity index is 1090. The van der Waals surface area contributed by atoms with Crippen LogP contribution in [0.25, 0.3) is 5.69 Å². The molecule has 3 atom stereocenters. The van der Waals surface area contributed by atoms with Gasteiger partial charge in [0.2, 0.25) is 0 Å². The van der Waals surface area contributed by atoms with Gasteiger partial charge in [0.05, 0.1) is 17.3 Å². The summed E-state index contributed by atoms with van der Waals surface area (Å²) in [5.74, 6) is 0. The predicted octanol–water partition coefficient (Wildman–Crippen LogP) is 5.48. The summed E-state index contributed by atoms with van der Waals surface area (Å²) in [6, 6.07) is 14.7. The Kier molecular flexibility index (Phi) is 4.61. The summed E-state index contributed by atoms with van der Waals surface area (Å²) in [6.07, 6.45) is -0.826. The molecule has 0 amide bonds. The first kappa shape index (κ1) is 19.2. The largest absolute Gasteiger partial charge is 0.416 e. The average molecular weight is 428 g/mol. The molecular weight excluding hydrogens is 409 g/mol. The molecule has 1 fully saturated rings. The molecule has 0 N–H and O–H groups in total. The Balaban J connectivity index is 1.60. The van der Waals surface area contributed by atoms with Gasteiger partial charge in [-0.15, -0.1) is 0 Å². The van der Waals surface area contributed by atoms with E-state index in [1.54, 1.807) is 24.0 Å². The lowest BCUT2D eigenvalue weighted by atomic mass is 10.0. The summed E-state index contributed by atoms with van der Waals surface area (Å²) < 4.78 is 41.6. The minimum Gasteiger partial charge on any atom is -0.339 e. The number of hydrogen-bond donors (Lipinski definition) is 0. The topological polar surface area (TPSA) is 33.4 Å². The number of benzene rings is 1. The van der Waals surface area contributed by atoms with E-state index in [4.69, 9.17) is 4.99 Å². The van der Waals surface area contributed by atoms with Gasteiger partial charge in [0.1, 0.15) is 6.04 Å². The summed E-state index contributed by atoms with van der Waals surface area (Å²) in [5, 5.41) is 1.38. The number of thioether (sulfide) groups is 1. The third-order valence-corrected chi connectivity index (χ3v) is 6.52. The lowest BCUT2D eigenvalue weighted by Crippen LogP contribution is -2.30. The Morgan fingerprint density at radius 2 is 1.93 bits per heavy atom. The number of amidine groups is 1. The van der Waals surface area contributed by atoms with Gasteiger partial charge in [-0.2, -0.15) is 13.2 Å². The van der Waals surface area contributed by atoms with Gasteiger partial charge in [-0.3, -0.25) is 9.98 Å². The van der Waals surface area contributed by atoms with Crippen molar-refractivity contribution in [1.29, 1.82) is 0 Å². The maximum Gasteiger partial charge on any atom is 0.416 e. The lowest BCUT2D eigenvalue weighted by molar-refractivity contribution is -0.137. The van der Waals surface area contributed by atoms with E-state index in [2.05, 4.69) is 16.8 Å². The minimum absolute atomic E-state index is 0.128. The highest BCUT2D eigenvalue weighted by atomic mass is 32.2. The van der Waals surface area contributed by atoms with E-state index in [9.17, 15) is 13.2 Å². The molecule has 0 aliphatic carbocycles. The zero-order valence-electron chi connectivity index (χ0n) is 16.1. The fourth-order valence-electron chi connectivity index (χ4n) is 4.14. The number of halogens is 3. The normalized spacial score (nSPS) is 23.5. The van der Waals surface area contributed by atoms with Gasteiger partial charge in [-0.25, -0.2) is 0 Å². The van der Waals surface area contributed by atoms with Crippen molar-refractivity contribution in [3.63, 3.8) is 0 Å². The summed E-state index contributed by atoms with van der Waals surface area (Å²) in [5.41, 5.74) is 1.58. The second kappa shape index (κ2) is 7.19. The molecule has 4 heterocycles. The zero-order chi connectivity index (χ0) is 20.9. The Hall–Kier alpha value is -2.74. The molecule has 3 unspecified atom stereocenters. The molecule has 154 valence electrons. The quantitative estimate of drug-likeness (QED) is 0.554. The van der Waals surface area contributed by atoms with Crippen LogP contribution in [0.4, 0.5) is 13.2 Å². The van der Waals surface area contributed by atoms with Gasteiger partial charge >= 0.3 is 6.18 Å². The van der Waals surface area contributed by atoms with Crippen LogP contribution in [0.2, 0.25) is 0 Å². The molecule has 3 aromatic rings. The standard InChI is InChI=1S/C22H19F3N4S/c1-14-13-29-20(19(27-21(29)30-14)17-8-2-3-10-26-17)18-9-5-11-28(18)16-7-4-6-15(12-16)22(23,24)25/h2-12,14,19-20H,13H2,1H3. The van der Waals surface area contributed by atoms with Crippen LogP contribution in [0, 0.1) is 0 Å². The zero-order valence-corrected chi connectivity index (χ0v) is 16.9. The molecular formula is C22H19F3N4S.